The van der Waals surface area contributed by atoms with E-state index in [1.165, 1.54) is 6.20 Å². The summed E-state index contributed by atoms with van der Waals surface area (Å²) in [6.45, 7) is 3.18. The summed E-state index contributed by atoms with van der Waals surface area (Å²) in [6.07, 6.45) is 5.48. The second-order valence-corrected chi connectivity index (χ2v) is 7.48. The van der Waals surface area contributed by atoms with Crippen LogP contribution in [0.4, 0.5) is 17.5 Å². The molecule has 0 unspecified atom stereocenters. The molecule has 0 saturated heterocycles. The maximum Gasteiger partial charge on any atom is 0.225 e. The molecule has 27 heavy (non-hydrogen) atoms. The van der Waals surface area contributed by atoms with Gasteiger partial charge in [-0.15, -0.1) is 4.91 Å². The van der Waals surface area contributed by atoms with Crippen LogP contribution < -0.4 is 16.4 Å². The molecule has 0 radical (unpaired) electrons. The SMILES string of the molecule is CC1(N)CCC(CNc2nc(NCc3ccccc3O)ncc2N=O)CC1. The number of hydrogen-bond acceptors (Lipinski definition) is 8. The summed E-state index contributed by atoms with van der Waals surface area (Å²) in [6, 6.07) is 7.05. The highest BCUT2D eigenvalue weighted by Crippen LogP contribution is 2.31. The number of phenolic OH excluding ortho intramolecular Hbond substituents is 1. The van der Waals surface area contributed by atoms with E-state index >= 15 is 0 Å². The highest BCUT2D eigenvalue weighted by molar-refractivity contribution is 5.61. The van der Waals surface area contributed by atoms with E-state index in [1.807, 2.05) is 12.1 Å². The van der Waals surface area contributed by atoms with Crippen molar-refractivity contribution in [3.8, 4) is 5.75 Å². The average Bonchev–Trinajstić information content (AvgIpc) is 2.66. The first kappa shape index (κ1) is 19.0. The molecular formula is C19H26N6O2. The van der Waals surface area contributed by atoms with Crippen LogP contribution in [0.1, 0.15) is 38.2 Å². The molecule has 1 aromatic carbocycles. The molecule has 5 N–H and O–H groups in total. The molecule has 0 spiro atoms. The Balaban J connectivity index is 1.61. The molecule has 1 aliphatic rings. The van der Waals surface area contributed by atoms with Crippen LogP contribution in [0.15, 0.2) is 35.6 Å². The number of rotatable bonds is 7. The Morgan fingerprint density at radius 2 is 2.04 bits per heavy atom. The van der Waals surface area contributed by atoms with E-state index in [1.54, 1.807) is 12.1 Å². The standard InChI is InChI=1S/C19H26N6O2/c1-19(20)8-6-13(7-9-19)10-21-17-15(25-27)12-23-18(24-17)22-11-14-4-2-3-5-16(14)26/h2-5,12-13,26H,6-11,20H2,1H3,(H2,21,22,23,24). The van der Waals surface area contributed by atoms with E-state index in [2.05, 4.69) is 32.7 Å². The van der Waals surface area contributed by atoms with Gasteiger partial charge in [0, 0.05) is 24.2 Å². The Bertz CT molecular complexity index is 786. The number of phenols is 1. The van der Waals surface area contributed by atoms with Crippen LogP contribution >= 0.6 is 0 Å². The number of benzene rings is 1. The molecule has 0 atom stereocenters. The quantitative estimate of drug-likeness (QED) is 0.549. The van der Waals surface area contributed by atoms with Gasteiger partial charge >= 0.3 is 0 Å². The van der Waals surface area contributed by atoms with Crippen LogP contribution in [0.5, 0.6) is 5.75 Å². The third-order valence-corrected chi connectivity index (χ3v) is 5.10. The van der Waals surface area contributed by atoms with Crippen molar-refractivity contribution in [2.75, 3.05) is 17.2 Å². The summed E-state index contributed by atoms with van der Waals surface area (Å²) in [4.78, 5) is 19.5. The predicted molar refractivity (Wildman–Crippen MR) is 106 cm³/mol. The zero-order chi connectivity index (χ0) is 19.3. The van der Waals surface area contributed by atoms with Crippen molar-refractivity contribution in [2.24, 2.45) is 16.8 Å². The zero-order valence-electron chi connectivity index (χ0n) is 15.5. The van der Waals surface area contributed by atoms with Crippen LogP contribution in [0, 0.1) is 10.8 Å². The van der Waals surface area contributed by atoms with Gasteiger partial charge in [-0.2, -0.15) is 4.98 Å². The predicted octanol–water partition coefficient (Wildman–Crippen LogP) is 3.51. The van der Waals surface area contributed by atoms with E-state index < -0.39 is 0 Å². The lowest BCUT2D eigenvalue weighted by molar-refractivity contribution is 0.259. The third-order valence-electron chi connectivity index (χ3n) is 5.10. The normalized spacial score (nSPS) is 22.2. The largest absolute Gasteiger partial charge is 0.508 e. The van der Waals surface area contributed by atoms with Crippen LogP contribution in [-0.4, -0.2) is 27.2 Å². The fourth-order valence-electron chi connectivity index (χ4n) is 3.27. The second-order valence-electron chi connectivity index (χ2n) is 7.48. The summed E-state index contributed by atoms with van der Waals surface area (Å²) in [7, 11) is 0. The molecule has 144 valence electrons. The number of aromatic nitrogens is 2. The summed E-state index contributed by atoms with van der Waals surface area (Å²) in [5.74, 6) is 1.49. The lowest BCUT2D eigenvalue weighted by Gasteiger charge is -2.34. The molecule has 1 saturated carbocycles. The summed E-state index contributed by atoms with van der Waals surface area (Å²) in [5, 5.41) is 19.1. The first-order chi connectivity index (χ1) is 13.0. The highest BCUT2D eigenvalue weighted by atomic mass is 16.3. The minimum atomic E-state index is -0.0684. The molecule has 0 aliphatic heterocycles. The van der Waals surface area contributed by atoms with Gasteiger partial charge in [0.15, 0.2) is 11.5 Å². The van der Waals surface area contributed by atoms with Gasteiger partial charge in [0.2, 0.25) is 5.95 Å². The van der Waals surface area contributed by atoms with E-state index in [0.717, 1.165) is 31.2 Å². The van der Waals surface area contributed by atoms with Crippen molar-refractivity contribution < 1.29 is 5.11 Å². The first-order valence-electron chi connectivity index (χ1n) is 9.21. The molecule has 2 aromatic rings. The number of nitrogens with zero attached hydrogens (tertiary/aromatic N) is 3. The number of nitrogens with two attached hydrogens (primary N) is 1. The zero-order valence-corrected chi connectivity index (χ0v) is 15.5. The Morgan fingerprint density at radius 3 is 2.74 bits per heavy atom. The van der Waals surface area contributed by atoms with Gasteiger partial charge in [0.25, 0.3) is 0 Å². The van der Waals surface area contributed by atoms with E-state index in [0.29, 0.717) is 30.8 Å². The van der Waals surface area contributed by atoms with Gasteiger partial charge in [-0.25, -0.2) is 4.98 Å². The fraction of sp³-hybridized carbons (Fsp3) is 0.474. The molecule has 8 nitrogen and oxygen atoms in total. The monoisotopic (exact) mass is 370 g/mol. The van der Waals surface area contributed by atoms with Gasteiger partial charge in [-0.05, 0) is 49.8 Å². The smallest absolute Gasteiger partial charge is 0.225 e. The molecule has 3 rings (SSSR count). The van der Waals surface area contributed by atoms with Gasteiger partial charge in [-0.3, -0.25) is 0 Å². The van der Waals surface area contributed by atoms with Crippen LogP contribution in [0.2, 0.25) is 0 Å². The number of hydrogen-bond donors (Lipinski definition) is 4. The van der Waals surface area contributed by atoms with Gasteiger partial charge in [-0.1, -0.05) is 18.2 Å². The Morgan fingerprint density at radius 1 is 1.30 bits per heavy atom. The maximum absolute atomic E-state index is 11.1. The number of aromatic hydroxyl groups is 1. The molecule has 0 bridgehead atoms. The van der Waals surface area contributed by atoms with Crippen molar-refractivity contribution in [3.63, 3.8) is 0 Å². The molecule has 1 heterocycles. The minimum absolute atomic E-state index is 0.0684. The van der Waals surface area contributed by atoms with Crippen molar-refractivity contribution >= 4 is 17.5 Å². The molecule has 0 amide bonds. The molecular weight excluding hydrogens is 344 g/mol. The summed E-state index contributed by atoms with van der Waals surface area (Å²) < 4.78 is 0. The summed E-state index contributed by atoms with van der Waals surface area (Å²) >= 11 is 0. The van der Waals surface area contributed by atoms with Crippen LogP contribution in [0.3, 0.4) is 0 Å². The van der Waals surface area contributed by atoms with Crippen LogP contribution in [-0.2, 0) is 6.54 Å². The van der Waals surface area contributed by atoms with E-state index in [9.17, 15) is 10.0 Å². The summed E-state index contributed by atoms with van der Waals surface area (Å²) in [5.41, 5.74) is 7.03. The van der Waals surface area contributed by atoms with Crippen molar-refractivity contribution in [1.82, 2.24) is 9.97 Å². The molecule has 1 fully saturated rings. The van der Waals surface area contributed by atoms with Gasteiger partial charge in [0.05, 0.1) is 6.20 Å². The fourth-order valence-corrected chi connectivity index (χ4v) is 3.27. The number of nitroso groups, excluding NO2 is 1. The minimum Gasteiger partial charge on any atom is -0.508 e. The lowest BCUT2D eigenvalue weighted by atomic mass is 9.78. The van der Waals surface area contributed by atoms with Crippen LogP contribution in [0.25, 0.3) is 0 Å². The van der Waals surface area contributed by atoms with E-state index in [4.69, 9.17) is 5.73 Å². The van der Waals surface area contributed by atoms with Gasteiger partial charge < -0.3 is 21.5 Å². The third kappa shape index (κ3) is 5.13. The first-order valence-corrected chi connectivity index (χ1v) is 9.21. The molecule has 1 aromatic heterocycles. The Kier molecular flexibility index (Phi) is 5.85. The van der Waals surface area contributed by atoms with E-state index in [-0.39, 0.29) is 17.0 Å². The maximum atomic E-state index is 11.1. The second kappa shape index (κ2) is 8.30. The average molecular weight is 370 g/mol. The topological polar surface area (TPSA) is 126 Å². The van der Waals surface area contributed by atoms with Gasteiger partial charge in [0.1, 0.15) is 5.75 Å². The highest BCUT2D eigenvalue weighted by Gasteiger charge is 2.27. The Labute approximate surface area is 158 Å². The van der Waals surface area contributed by atoms with Crippen molar-refractivity contribution in [1.29, 1.82) is 0 Å². The van der Waals surface area contributed by atoms with Crippen molar-refractivity contribution in [3.05, 3.63) is 40.9 Å². The number of para-hydroxylation sites is 1. The van der Waals surface area contributed by atoms with Crippen molar-refractivity contribution in [2.45, 2.75) is 44.7 Å². The lowest BCUT2D eigenvalue weighted by Crippen LogP contribution is -2.41. The number of anilines is 2. The molecule has 1 aliphatic carbocycles. The Hall–Kier alpha value is -2.74. The number of nitrogens with one attached hydrogen (secondary N) is 2. The molecule has 8 heteroatoms.